The third-order valence-corrected chi connectivity index (χ3v) is 5.50. The van der Waals surface area contributed by atoms with Gasteiger partial charge in [0.25, 0.3) is 5.91 Å². The molecule has 1 aliphatic carbocycles. The van der Waals surface area contributed by atoms with Crippen LogP contribution in [-0.2, 0) is 17.6 Å². The van der Waals surface area contributed by atoms with Crippen molar-refractivity contribution < 1.29 is 9.59 Å². The molecule has 2 aromatic rings. The van der Waals surface area contributed by atoms with E-state index in [0.29, 0.717) is 5.56 Å². The molecule has 1 aromatic carbocycles. The van der Waals surface area contributed by atoms with Crippen LogP contribution in [0.25, 0.3) is 0 Å². The molecule has 23 heavy (non-hydrogen) atoms. The van der Waals surface area contributed by atoms with Crippen LogP contribution in [0.5, 0.6) is 0 Å². The second-order valence-corrected chi connectivity index (χ2v) is 7.28. The van der Waals surface area contributed by atoms with E-state index in [4.69, 9.17) is 0 Å². The Bertz CT molecular complexity index is 779. The molecular formula is C18H20N2O2S. The zero-order valence-corrected chi connectivity index (χ0v) is 14.4. The highest BCUT2D eigenvalue weighted by atomic mass is 32.1. The van der Waals surface area contributed by atoms with E-state index in [1.54, 1.807) is 17.4 Å². The summed E-state index contributed by atoms with van der Waals surface area (Å²) >= 11 is 1.55. The fourth-order valence-electron chi connectivity index (χ4n) is 3.12. The number of aryl methyl sites for hydroxylation is 4. The van der Waals surface area contributed by atoms with Crippen LogP contribution in [0.4, 0.5) is 0 Å². The molecular weight excluding hydrogens is 308 g/mol. The lowest BCUT2D eigenvalue weighted by Gasteiger charge is -2.12. The monoisotopic (exact) mass is 328 g/mol. The highest BCUT2D eigenvalue weighted by Crippen LogP contribution is 2.25. The Balaban J connectivity index is 1.72. The van der Waals surface area contributed by atoms with Gasteiger partial charge in [0.05, 0.1) is 16.7 Å². The normalized spacial score (nSPS) is 14.4. The smallest absolute Gasteiger partial charge is 0.292 e. The first kappa shape index (κ1) is 15.9. The van der Waals surface area contributed by atoms with Crippen LogP contribution >= 0.6 is 11.3 Å². The minimum Gasteiger partial charge on any atom is -0.342 e. The number of carbonyl (C=O) groups excluding carboxylic acids is 2. The molecule has 0 bridgehead atoms. The Kier molecular flexibility index (Phi) is 4.31. The van der Waals surface area contributed by atoms with E-state index in [2.05, 4.69) is 10.3 Å². The van der Waals surface area contributed by atoms with Crippen LogP contribution in [0, 0.1) is 13.8 Å². The number of nitrogens with one attached hydrogen (secondary N) is 1. The van der Waals surface area contributed by atoms with Gasteiger partial charge < -0.3 is 5.32 Å². The summed E-state index contributed by atoms with van der Waals surface area (Å²) in [5.74, 6) is -1.02. The van der Waals surface area contributed by atoms with Gasteiger partial charge in [-0.3, -0.25) is 9.59 Å². The van der Waals surface area contributed by atoms with Crippen molar-refractivity contribution in [2.45, 2.75) is 46.1 Å². The summed E-state index contributed by atoms with van der Waals surface area (Å²) in [6.45, 7) is 5.74. The first-order chi connectivity index (χ1) is 11.0. The number of Topliss-reactive ketones (excluding diaryl/α,β-unsaturated/α-hetero) is 1. The second kappa shape index (κ2) is 6.24. The maximum atomic E-state index is 12.4. The standard InChI is InChI=1S/C18H20N2O2S/c1-10-17(23-12(3)19-10)11(2)20-18(22)16(21)15-8-7-13-5-4-6-14(13)9-15/h7-9,11H,4-6H2,1-3H3,(H,20,22)/t11-/m1/s1. The molecule has 1 heterocycles. The van der Waals surface area contributed by atoms with Gasteiger partial charge in [-0.25, -0.2) is 4.98 Å². The number of aromatic nitrogens is 1. The fourth-order valence-corrected chi connectivity index (χ4v) is 4.05. The molecule has 4 nitrogen and oxygen atoms in total. The first-order valence-corrected chi connectivity index (χ1v) is 8.68. The molecule has 1 N–H and O–H groups in total. The maximum Gasteiger partial charge on any atom is 0.292 e. The van der Waals surface area contributed by atoms with Gasteiger partial charge in [0.2, 0.25) is 5.78 Å². The molecule has 0 radical (unpaired) electrons. The minimum atomic E-state index is -0.555. The molecule has 5 heteroatoms. The number of ketones is 1. The van der Waals surface area contributed by atoms with Crippen LogP contribution < -0.4 is 5.32 Å². The topological polar surface area (TPSA) is 59.1 Å². The molecule has 0 saturated carbocycles. The minimum absolute atomic E-state index is 0.216. The summed E-state index contributed by atoms with van der Waals surface area (Å²) in [4.78, 5) is 30.0. The SMILES string of the molecule is Cc1nc(C)c([C@@H](C)NC(=O)C(=O)c2ccc3c(c2)CCC3)s1. The Morgan fingerprint density at radius 2 is 1.96 bits per heavy atom. The largest absolute Gasteiger partial charge is 0.342 e. The van der Waals surface area contributed by atoms with Crippen molar-refractivity contribution in [3.05, 3.63) is 50.5 Å². The summed E-state index contributed by atoms with van der Waals surface area (Å²) in [6.07, 6.45) is 3.19. The molecule has 0 aliphatic heterocycles. The van der Waals surface area contributed by atoms with Crippen molar-refractivity contribution in [3.63, 3.8) is 0 Å². The Hall–Kier alpha value is -2.01. The van der Waals surface area contributed by atoms with Crippen LogP contribution in [0.2, 0.25) is 0 Å². The Morgan fingerprint density at radius 3 is 2.65 bits per heavy atom. The van der Waals surface area contributed by atoms with Crippen LogP contribution in [0.15, 0.2) is 18.2 Å². The highest BCUT2D eigenvalue weighted by Gasteiger charge is 2.22. The number of rotatable bonds is 4. The fraction of sp³-hybridized carbons (Fsp3) is 0.389. The van der Waals surface area contributed by atoms with E-state index in [-0.39, 0.29) is 6.04 Å². The van der Waals surface area contributed by atoms with Crippen molar-refractivity contribution in [3.8, 4) is 0 Å². The van der Waals surface area contributed by atoms with E-state index in [0.717, 1.165) is 34.8 Å². The predicted molar refractivity (Wildman–Crippen MR) is 90.9 cm³/mol. The zero-order valence-electron chi connectivity index (χ0n) is 13.6. The lowest BCUT2D eigenvalue weighted by Crippen LogP contribution is -2.33. The summed E-state index contributed by atoms with van der Waals surface area (Å²) < 4.78 is 0. The van der Waals surface area contributed by atoms with Gasteiger partial charge in [0.15, 0.2) is 0 Å². The number of hydrogen-bond acceptors (Lipinski definition) is 4. The number of fused-ring (bicyclic) bond motifs is 1. The van der Waals surface area contributed by atoms with E-state index in [1.165, 1.54) is 11.1 Å². The highest BCUT2D eigenvalue weighted by molar-refractivity contribution is 7.11. The molecule has 0 fully saturated rings. The van der Waals surface area contributed by atoms with Crippen molar-refractivity contribution in [2.75, 3.05) is 0 Å². The lowest BCUT2D eigenvalue weighted by atomic mass is 10.0. The molecule has 3 rings (SSSR count). The summed E-state index contributed by atoms with van der Waals surface area (Å²) in [7, 11) is 0. The van der Waals surface area contributed by atoms with Gasteiger partial charge >= 0.3 is 0 Å². The van der Waals surface area contributed by atoms with E-state index in [1.807, 2.05) is 32.9 Å². The molecule has 120 valence electrons. The average Bonchev–Trinajstić information content (AvgIpc) is 3.11. The number of carbonyl (C=O) groups is 2. The van der Waals surface area contributed by atoms with E-state index < -0.39 is 11.7 Å². The van der Waals surface area contributed by atoms with E-state index >= 15 is 0 Å². The van der Waals surface area contributed by atoms with Crippen LogP contribution in [0.1, 0.15) is 56.4 Å². The lowest BCUT2D eigenvalue weighted by molar-refractivity contribution is -0.117. The van der Waals surface area contributed by atoms with Gasteiger partial charge in [-0.1, -0.05) is 12.1 Å². The van der Waals surface area contributed by atoms with Crippen LogP contribution in [-0.4, -0.2) is 16.7 Å². The number of hydrogen-bond donors (Lipinski definition) is 1. The number of nitrogens with zero attached hydrogens (tertiary/aromatic N) is 1. The third-order valence-electron chi connectivity index (χ3n) is 4.25. The molecule has 1 aromatic heterocycles. The Morgan fingerprint density at radius 1 is 1.22 bits per heavy atom. The number of thiazole rings is 1. The Labute approximate surface area is 140 Å². The van der Waals surface area contributed by atoms with Crippen molar-refractivity contribution >= 4 is 23.0 Å². The second-order valence-electron chi connectivity index (χ2n) is 6.04. The maximum absolute atomic E-state index is 12.4. The molecule has 0 spiro atoms. The van der Waals surface area contributed by atoms with Gasteiger partial charge in [0.1, 0.15) is 0 Å². The van der Waals surface area contributed by atoms with Gasteiger partial charge in [0, 0.05) is 10.4 Å². The summed E-state index contributed by atoms with van der Waals surface area (Å²) in [5, 5.41) is 3.76. The molecule has 1 atom stereocenters. The van der Waals surface area contributed by atoms with Crippen LogP contribution in [0.3, 0.4) is 0 Å². The van der Waals surface area contributed by atoms with Gasteiger partial charge in [-0.15, -0.1) is 11.3 Å². The summed E-state index contributed by atoms with van der Waals surface area (Å²) in [5.41, 5.74) is 3.88. The van der Waals surface area contributed by atoms with E-state index in [9.17, 15) is 9.59 Å². The molecule has 0 unspecified atom stereocenters. The quantitative estimate of drug-likeness (QED) is 0.692. The third kappa shape index (κ3) is 3.20. The summed E-state index contributed by atoms with van der Waals surface area (Å²) in [6, 6.07) is 5.39. The van der Waals surface area contributed by atoms with Crippen molar-refractivity contribution in [1.82, 2.24) is 10.3 Å². The molecule has 0 saturated heterocycles. The van der Waals surface area contributed by atoms with Gasteiger partial charge in [-0.2, -0.15) is 0 Å². The van der Waals surface area contributed by atoms with Gasteiger partial charge in [-0.05, 0) is 57.2 Å². The zero-order chi connectivity index (χ0) is 16.6. The van der Waals surface area contributed by atoms with Crippen molar-refractivity contribution in [2.24, 2.45) is 0 Å². The number of amides is 1. The predicted octanol–water partition coefficient (Wildman–Crippen LogP) is 3.31. The first-order valence-electron chi connectivity index (χ1n) is 7.86. The molecule has 1 aliphatic rings. The molecule has 1 amide bonds. The van der Waals surface area contributed by atoms with Crippen molar-refractivity contribution in [1.29, 1.82) is 0 Å². The number of benzene rings is 1. The average molecular weight is 328 g/mol.